The Bertz CT molecular complexity index is 446. The highest BCUT2D eigenvalue weighted by atomic mass is 79.9. The molecule has 0 aliphatic carbocycles. The van der Waals surface area contributed by atoms with Crippen molar-refractivity contribution in [3.05, 3.63) is 41.1 Å². The van der Waals surface area contributed by atoms with Crippen LogP contribution in [0.3, 0.4) is 0 Å². The lowest BCUT2D eigenvalue weighted by molar-refractivity contribution is 0.606. The lowest BCUT2D eigenvalue weighted by atomic mass is 10.2. The van der Waals surface area contributed by atoms with Crippen LogP contribution in [0.15, 0.2) is 41.1 Å². The van der Waals surface area contributed by atoms with Crippen LogP contribution < -0.4 is 0 Å². The van der Waals surface area contributed by atoms with E-state index < -0.39 is 0 Å². The molecule has 2 nitrogen and oxygen atoms in total. The second-order valence-corrected chi connectivity index (χ2v) is 4.57. The number of aromatic nitrogens is 2. The van der Waals surface area contributed by atoms with Gasteiger partial charge in [-0.1, -0.05) is 30.3 Å². The molecule has 1 aromatic carbocycles. The molecule has 78 valence electrons. The number of benzene rings is 1. The summed E-state index contributed by atoms with van der Waals surface area (Å²) >= 11 is 3.42. The second kappa shape index (κ2) is 4.19. The first kappa shape index (κ1) is 10.4. The third-order valence-corrected chi connectivity index (χ3v) is 2.67. The Morgan fingerprint density at radius 3 is 2.47 bits per heavy atom. The first-order valence-corrected chi connectivity index (χ1v) is 5.77. The minimum absolute atomic E-state index is 0.416. The van der Waals surface area contributed by atoms with Crippen LogP contribution in [0.1, 0.15) is 19.9 Å². The molecular weight excluding hydrogens is 252 g/mol. The zero-order chi connectivity index (χ0) is 10.8. The quantitative estimate of drug-likeness (QED) is 0.805. The van der Waals surface area contributed by atoms with E-state index in [2.05, 4.69) is 51.5 Å². The highest BCUT2D eigenvalue weighted by Gasteiger charge is 2.10. The summed E-state index contributed by atoms with van der Waals surface area (Å²) in [6, 6.07) is 10.6. The summed E-state index contributed by atoms with van der Waals surface area (Å²) in [6.07, 6.45) is 2.02. The van der Waals surface area contributed by atoms with E-state index in [1.807, 2.05) is 24.4 Å². The van der Waals surface area contributed by atoms with Gasteiger partial charge in [0.05, 0.1) is 0 Å². The van der Waals surface area contributed by atoms with Gasteiger partial charge in [-0.05, 0) is 29.8 Å². The molecule has 0 spiro atoms. The molecule has 15 heavy (non-hydrogen) atoms. The minimum atomic E-state index is 0.416. The van der Waals surface area contributed by atoms with Gasteiger partial charge in [-0.2, -0.15) is 0 Å². The van der Waals surface area contributed by atoms with Gasteiger partial charge in [0.15, 0.2) is 0 Å². The Morgan fingerprint density at radius 1 is 1.20 bits per heavy atom. The van der Waals surface area contributed by atoms with Gasteiger partial charge in [0.2, 0.25) is 0 Å². The van der Waals surface area contributed by atoms with E-state index in [-0.39, 0.29) is 0 Å². The van der Waals surface area contributed by atoms with Crippen LogP contribution in [0, 0.1) is 0 Å². The van der Waals surface area contributed by atoms with Crippen molar-refractivity contribution in [2.75, 3.05) is 0 Å². The van der Waals surface area contributed by atoms with Gasteiger partial charge in [-0.15, -0.1) is 0 Å². The first-order chi connectivity index (χ1) is 7.18. The van der Waals surface area contributed by atoms with Crippen LogP contribution >= 0.6 is 15.9 Å². The Morgan fingerprint density at radius 2 is 1.87 bits per heavy atom. The van der Waals surface area contributed by atoms with Crippen molar-refractivity contribution in [1.29, 1.82) is 0 Å². The second-order valence-electron chi connectivity index (χ2n) is 3.75. The van der Waals surface area contributed by atoms with Crippen molar-refractivity contribution in [3.8, 4) is 11.4 Å². The fourth-order valence-electron chi connectivity index (χ4n) is 1.56. The van der Waals surface area contributed by atoms with E-state index in [9.17, 15) is 0 Å². The molecule has 1 heterocycles. The van der Waals surface area contributed by atoms with E-state index in [1.165, 1.54) is 0 Å². The number of hydrogen-bond acceptors (Lipinski definition) is 1. The van der Waals surface area contributed by atoms with Crippen LogP contribution in [-0.2, 0) is 0 Å². The van der Waals surface area contributed by atoms with E-state index in [0.717, 1.165) is 16.0 Å². The van der Waals surface area contributed by atoms with Crippen LogP contribution in [0.25, 0.3) is 11.4 Å². The number of hydrogen-bond donors (Lipinski definition) is 0. The van der Waals surface area contributed by atoms with Crippen molar-refractivity contribution in [1.82, 2.24) is 9.55 Å². The molecule has 0 amide bonds. The fourth-order valence-corrected chi connectivity index (χ4v) is 1.95. The summed E-state index contributed by atoms with van der Waals surface area (Å²) in [6.45, 7) is 4.31. The number of imidazole rings is 1. The largest absolute Gasteiger partial charge is 0.327 e. The van der Waals surface area contributed by atoms with Gasteiger partial charge in [0, 0.05) is 17.8 Å². The molecule has 0 aliphatic rings. The maximum Gasteiger partial charge on any atom is 0.141 e. The van der Waals surface area contributed by atoms with E-state index in [4.69, 9.17) is 0 Å². The van der Waals surface area contributed by atoms with Gasteiger partial charge in [0.25, 0.3) is 0 Å². The van der Waals surface area contributed by atoms with Crippen molar-refractivity contribution in [2.45, 2.75) is 19.9 Å². The summed E-state index contributed by atoms with van der Waals surface area (Å²) in [5, 5.41) is 0. The molecule has 2 aromatic rings. The van der Waals surface area contributed by atoms with E-state index in [1.54, 1.807) is 0 Å². The lowest BCUT2D eigenvalue weighted by Crippen LogP contribution is -2.01. The van der Waals surface area contributed by atoms with Crippen LogP contribution in [0.2, 0.25) is 0 Å². The van der Waals surface area contributed by atoms with Gasteiger partial charge >= 0.3 is 0 Å². The predicted octanol–water partition coefficient (Wildman–Crippen LogP) is 3.89. The Labute approximate surface area is 98.1 Å². The molecule has 3 heteroatoms. The van der Waals surface area contributed by atoms with Crippen LogP contribution in [0.4, 0.5) is 0 Å². The minimum Gasteiger partial charge on any atom is -0.327 e. The topological polar surface area (TPSA) is 17.8 Å². The monoisotopic (exact) mass is 264 g/mol. The molecule has 0 fully saturated rings. The Hall–Kier alpha value is -1.09. The van der Waals surface area contributed by atoms with E-state index >= 15 is 0 Å². The average Bonchev–Trinajstić information content (AvgIpc) is 2.62. The van der Waals surface area contributed by atoms with Gasteiger partial charge in [-0.3, -0.25) is 0 Å². The molecule has 0 saturated heterocycles. The maximum absolute atomic E-state index is 4.48. The molecule has 0 saturated carbocycles. The highest BCUT2D eigenvalue weighted by molar-refractivity contribution is 9.10. The third kappa shape index (κ3) is 2.12. The molecule has 0 aliphatic heterocycles. The summed E-state index contributed by atoms with van der Waals surface area (Å²) in [7, 11) is 0. The van der Waals surface area contributed by atoms with Gasteiger partial charge in [-0.25, -0.2) is 4.98 Å². The van der Waals surface area contributed by atoms with Gasteiger partial charge in [0.1, 0.15) is 10.4 Å². The third-order valence-electron chi connectivity index (χ3n) is 2.29. The smallest absolute Gasteiger partial charge is 0.141 e. The van der Waals surface area contributed by atoms with Gasteiger partial charge < -0.3 is 4.57 Å². The normalized spacial score (nSPS) is 10.9. The lowest BCUT2D eigenvalue weighted by Gasteiger charge is -2.10. The summed E-state index contributed by atoms with van der Waals surface area (Å²) < 4.78 is 3.05. The molecule has 0 atom stereocenters. The summed E-state index contributed by atoms with van der Waals surface area (Å²) in [5.74, 6) is 1.01. The van der Waals surface area contributed by atoms with Crippen LogP contribution in [0.5, 0.6) is 0 Å². The zero-order valence-corrected chi connectivity index (χ0v) is 10.4. The molecular formula is C12H13BrN2. The van der Waals surface area contributed by atoms with Crippen molar-refractivity contribution in [2.24, 2.45) is 0 Å². The first-order valence-electron chi connectivity index (χ1n) is 4.98. The molecule has 0 N–H and O–H groups in total. The number of rotatable bonds is 2. The Kier molecular flexibility index (Phi) is 2.91. The SMILES string of the molecule is CC(C)n1cc(Br)nc1-c1ccccc1. The zero-order valence-electron chi connectivity index (χ0n) is 8.81. The Balaban J connectivity index is 2.53. The molecule has 1 aromatic heterocycles. The molecule has 2 rings (SSSR count). The van der Waals surface area contributed by atoms with Crippen molar-refractivity contribution >= 4 is 15.9 Å². The van der Waals surface area contributed by atoms with Crippen LogP contribution in [-0.4, -0.2) is 9.55 Å². The van der Waals surface area contributed by atoms with Crippen molar-refractivity contribution < 1.29 is 0 Å². The molecule has 0 radical (unpaired) electrons. The number of halogens is 1. The standard InChI is InChI=1S/C12H13BrN2/c1-9(2)15-8-11(13)14-12(15)10-6-4-3-5-7-10/h3-9H,1-2H3. The fraction of sp³-hybridized carbons (Fsp3) is 0.250. The predicted molar refractivity (Wildman–Crippen MR) is 65.7 cm³/mol. The maximum atomic E-state index is 4.48. The summed E-state index contributed by atoms with van der Waals surface area (Å²) in [5.41, 5.74) is 1.15. The summed E-state index contributed by atoms with van der Waals surface area (Å²) in [4.78, 5) is 4.48. The molecule has 0 bridgehead atoms. The van der Waals surface area contributed by atoms with Crippen molar-refractivity contribution in [3.63, 3.8) is 0 Å². The highest BCUT2D eigenvalue weighted by Crippen LogP contribution is 2.24. The average molecular weight is 265 g/mol. The number of nitrogens with zero attached hydrogens (tertiary/aromatic N) is 2. The van der Waals surface area contributed by atoms with E-state index in [0.29, 0.717) is 6.04 Å². The molecule has 0 unspecified atom stereocenters.